The SMILES string of the molecule is N#C[PH+]=O. The highest BCUT2D eigenvalue weighted by Crippen LogP contribution is 1.76. The maximum Gasteiger partial charge on any atom is 0.442 e. The van der Waals surface area contributed by atoms with Crippen LogP contribution in [0.5, 0.6) is 0 Å². The van der Waals surface area contributed by atoms with Gasteiger partial charge in [-0.25, -0.2) is 0 Å². The van der Waals surface area contributed by atoms with E-state index in [9.17, 15) is 0 Å². The highest BCUT2D eigenvalue weighted by Gasteiger charge is 1.64. The Bertz CT molecular complexity index is 53.5. The summed E-state index contributed by atoms with van der Waals surface area (Å²) in [7, 11) is -0.804. The summed E-state index contributed by atoms with van der Waals surface area (Å²) in [6, 6.07) is 0. The van der Waals surface area contributed by atoms with Crippen LogP contribution in [0.3, 0.4) is 0 Å². The molecular weight excluding hydrogens is 73.0 g/mol. The van der Waals surface area contributed by atoms with Crippen molar-refractivity contribution < 1.29 is 4.57 Å². The molecule has 0 bridgehead atoms. The van der Waals surface area contributed by atoms with Crippen molar-refractivity contribution in [1.82, 2.24) is 0 Å². The van der Waals surface area contributed by atoms with E-state index in [1.165, 1.54) is 5.81 Å². The summed E-state index contributed by atoms with van der Waals surface area (Å²) in [5.41, 5.74) is 0. The van der Waals surface area contributed by atoms with Crippen molar-refractivity contribution in [3.63, 3.8) is 0 Å². The Morgan fingerprint density at radius 2 is 2.25 bits per heavy atom. The zero-order chi connectivity index (χ0) is 3.41. The predicted octanol–water partition coefficient (Wildman–Crippen LogP) is 0.491. The molecule has 1 atom stereocenters. The van der Waals surface area contributed by atoms with E-state index in [0.29, 0.717) is 0 Å². The van der Waals surface area contributed by atoms with Crippen molar-refractivity contribution in [2.45, 2.75) is 0 Å². The molecule has 1 unspecified atom stereocenters. The van der Waals surface area contributed by atoms with Gasteiger partial charge in [-0.2, -0.15) is 0 Å². The third-order valence-electron chi connectivity index (χ3n) is 0.0456. The van der Waals surface area contributed by atoms with Gasteiger partial charge in [0.15, 0.2) is 0 Å². The first kappa shape index (κ1) is 3.59. The minimum absolute atomic E-state index is 0.804. The number of hydrogen-bond donors (Lipinski definition) is 0. The van der Waals surface area contributed by atoms with E-state index in [1.54, 1.807) is 0 Å². The van der Waals surface area contributed by atoms with Crippen LogP contribution in [0.2, 0.25) is 0 Å². The molecule has 0 N–H and O–H groups in total. The van der Waals surface area contributed by atoms with Gasteiger partial charge in [-0.3, -0.25) is 0 Å². The maximum atomic E-state index is 8.97. The van der Waals surface area contributed by atoms with E-state index in [1.807, 2.05) is 0 Å². The van der Waals surface area contributed by atoms with Crippen LogP contribution in [-0.2, 0) is 4.57 Å². The lowest BCUT2D eigenvalue weighted by molar-refractivity contribution is 0.603. The zero-order valence-electron chi connectivity index (χ0n) is 1.86. The monoisotopic (exact) mass is 74.0 g/mol. The Labute approximate surface area is 25.3 Å². The third kappa shape index (κ3) is 1.59. The van der Waals surface area contributed by atoms with Crippen molar-refractivity contribution in [2.24, 2.45) is 0 Å². The van der Waals surface area contributed by atoms with E-state index >= 15 is 0 Å². The largest absolute Gasteiger partial charge is 0.442 e. The molecule has 0 aliphatic carbocycles. The fraction of sp³-hybridized carbons (Fsp3) is 0. The van der Waals surface area contributed by atoms with Gasteiger partial charge < -0.3 is 0 Å². The Hall–Kier alpha value is -0.410. The second kappa shape index (κ2) is 2.59. The van der Waals surface area contributed by atoms with E-state index < -0.39 is 8.46 Å². The molecule has 0 heterocycles. The molecule has 0 amide bonds. The van der Waals surface area contributed by atoms with E-state index in [4.69, 9.17) is 9.83 Å². The average Bonchev–Trinajstić information content (AvgIpc) is 1.37. The smallest absolute Gasteiger partial charge is 0.139 e. The van der Waals surface area contributed by atoms with Crippen molar-refractivity contribution in [2.75, 3.05) is 0 Å². The number of hydrogen-bond acceptors (Lipinski definition) is 2. The summed E-state index contributed by atoms with van der Waals surface area (Å²) in [6.45, 7) is 0. The zero-order valence-corrected chi connectivity index (χ0v) is 2.86. The fourth-order valence-electron chi connectivity index (χ4n) is 0. The van der Waals surface area contributed by atoms with Crippen LogP contribution in [0, 0.1) is 11.1 Å². The lowest BCUT2D eigenvalue weighted by Crippen LogP contribution is -1.04. The van der Waals surface area contributed by atoms with Gasteiger partial charge in [0.1, 0.15) is 0 Å². The summed E-state index contributed by atoms with van der Waals surface area (Å²) < 4.78 is 8.97. The summed E-state index contributed by atoms with van der Waals surface area (Å²) in [6.07, 6.45) is 0. The Balaban J connectivity index is 2.92. The summed E-state index contributed by atoms with van der Waals surface area (Å²) in [4.78, 5) is 0. The number of nitrogens with zero attached hydrogens (tertiary/aromatic N) is 1. The lowest BCUT2D eigenvalue weighted by atomic mass is 11.8. The fourth-order valence-corrected chi connectivity index (χ4v) is 0. The quantitative estimate of drug-likeness (QED) is 0.392. The standard InChI is InChI=1S/CNOP/c2-1-4-3/p+1. The van der Waals surface area contributed by atoms with Crippen molar-refractivity contribution >= 4 is 8.46 Å². The normalized spacial score (nSPS) is 5.75. The van der Waals surface area contributed by atoms with E-state index in [2.05, 4.69) is 0 Å². The number of rotatable bonds is 0. The van der Waals surface area contributed by atoms with Gasteiger partial charge >= 0.3 is 14.3 Å². The van der Waals surface area contributed by atoms with Crippen molar-refractivity contribution in [3.8, 4) is 5.81 Å². The van der Waals surface area contributed by atoms with Crippen LogP contribution < -0.4 is 0 Å². The van der Waals surface area contributed by atoms with Crippen LogP contribution in [0.1, 0.15) is 0 Å². The van der Waals surface area contributed by atoms with Gasteiger partial charge in [0, 0.05) is 0 Å². The van der Waals surface area contributed by atoms with Crippen LogP contribution in [0.25, 0.3) is 0 Å². The molecule has 0 aliphatic rings. The molecule has 4 heavy (non-hydrogen) atoms. The topological polar surface area (TPSA) is 40.9 Å². The molecule has 0 spiro atoms. The minimum atomic E-state index is -0.804. The summed E-state index contributed by atoms with van der Waals surface area (Å²) >= 11 is 0. The van der Waals surface area contributed by atoms with Crippen LogP contribution in [0.15, 0.2) is 0 Å². The second-order valence-corrected chi connectivity index (χ2v) is 0.642. The highest BCUT2D eigenvalue weighted by atomic mass is 31.1. The van der Waals surface area contributed by atoms with Gasteiger partial charge in [0.05, 0.1) is 0 Å². The first-order chi connectivity index (χ1) is 1.91. The predicted molar refractivity (Wildman–Crippen MR) is 14.6 cm³/mol. The highest BCUT2D eigenvalue weighted by molar-refractivity contribution is 7.29. The Morgan fingerprint density at radius 1 is 2.00 bits per heavy atom. The Kier molecular flexibility index (Phi) is 2.32. The molecule has 0 saturated heterocycles. The van der Waals surface area contributed by atoms with Gasteiger partial charge in [0.2, 0.25) is 0 Å². The molecule has 0 rings (SSSR count). The molecule has 3 heteroatoms. The lowest BCUT2D eigenvalue weighted by Gasteiger charge is -1.04. The first-order valence-corrected chi connectivity index (χ1v) is 1.59. The van der Waals surface area contributed by atoms with Crippen molar-refractivity contribution in [3.05, 3.63) is 0 Å². The minimum Gasteiger partial charge on any atom is -0.139 e. The van der Waals surface area contributed by atoms with Crippen molar-refractivity contribution in [1.29, 1.82) is 5.26 Å². The molecule has 0 radical (unpaired) electrons. The molecule has 0 aromatic carbocycles. The number of nitriles is 1. The molecular formula is CHNOP+. The van der Waals surface area contributed by atoms with E-state index in [-0.39, 0.29) is 0 Å². The van der Waals surface area contributed by atoms with Gasteiger partial charge in [-0.1, -0.05) is 4.57 Å². The second-order valence-electron chi connectivity index (χ2n) is 0.214. The van der Waals surface area contributed by atoms with E-state index in [0.717, 1.165) is 0 Å². The first-order valence-electron chi connectivity index (χ1n) is 0.678. The molecule has 0 aromatic rings. The van der Waals surface area contributed by atoms with Gasteiger partial charge in [0.25, 0.3) is 0 Å². The summed E-state index contributed by atoms with van der Waals surface area (Å²) in [5, 5.41) is 7.32. The third-order valence-corrected chi connectivity index (χ3v) is 0.137. The maximum absolute atomic E-state index is 8.97. The van der Waals surface area contributed by atoms with Crippen LogP contribution >= 0.6 is 8.46 Å². The molecule has 20 valence electrons. The molecule has 0 aliphatic heterocycles. The summed E-state index contributed by atoms with van der Waals surface area (Å²) in [5.74, 6) is 1.40. The molecule has 0 saturated carbocycles. The van der Waals surface area contributed by atoms with Gasteiger partial charge in [-0.05, 0) is 0 Å². The van der Waals surface area contributed by atoms with Crippen LogP contribution in [-0.4, -0.2) is 0 Å². The average molecular weight is 74.0 g/mol. The molecule has 2 nitrogen and oxygen atoms in total. The van der Waals surface area contributed by atoms with Crippen LogP contribution in [0.4, 0.5) is 0 Å². The molecule has 0 aromatic heterocycles. The Morgan fingerprint density at radius 3 is 2.25 bits per heavy atom. The van der Waals surface area contributed by atoms with Gasteiger partial charge in [-0.15, -0.1) is 5.26 Å². The molecule has 0 fully saturated rings.